The SMILES string of the molecule is OCCn1ccc2c(C(O)(c3ccc4c(cnn4-c4ccc(F)cc4)c3)C(F)(F)F)cccc21. The van der Waals surface area contributed by atoms with E-state index in [4.69, 9.17) is 0 Å². The molecule has 0 bridgehead atoms. The van der Waals surface area contributed by atoms with Crippen molar-refractivity contribution in [1.29, 1.82) is 0 Å². The van der Waals surface area contributed by atoms with Crippen molar-refractivity contribution in [3.63, 3.8) is 0 Å². The molecule has 3 aromatic carbocycles. The maximum atomic E-state index is 14.5. The molecule has 1 unspecified atom stereocenters. The van der Waals surface area contributed by atoms with Crippen molar-refractivity contribution in [3.8, 4) is 5.69 Å². The number of halogens is 4. The molecule has 2 heterocycles. The Morgan fingerprint density at radius 2 is 1.68 bits per heavy atom. The Balaban J connectivity index is 1.68. The van der Waals surface area contributed by atoms with Crippen LogP contribution >= 0.6 is 0 Å². The maximum absolute atomic E-state index is 14.5. The van der Waals surface area contributed by atoms with Crippen LogP contribution in [0.1, 0.15) is 11.1 Å². The number of aromatic nitrogens is 3. The number of aliphatic hydroxyl groups is 2. The van der Waals surface area contributed by atoms with Gasteiger partial charge in [0.05, 0.1) is 24.0 Å². The van der Waals surface area contributed by atoms with Gasteiger partial charge in [0.15, 0.2) is 0 Å². The Kier molecular flexibility index (Phi) is 5.18. The van der Waals surface area contributed by atoms with E-state index in [1.807, 2.05) is 0 Å². The van der Waals surface area contributed by atoms with Crippen LogP contribution in [0.3, 0.4) is 0 Å². The number of nitrogens with zero attached hydrogens (tertiary/aromatic N) is 3. The van der Waals surface area contributed by atoms with Crippen LogP contribution in [0.2, 0.25) is 0 Å². The van der Waals surface area contributed by atoms with Gasteiger partial charge in [-0.25, -0.2) is 9.07 Å². The Morgan fingerprint density at radius 1 is 0.912 bits per heavy atom. The number of benzene rings is 3. The number of hydrogen-bond acceptors (Lipinski definition) is 3. The van der Waals surface area contributed by atoms with E-state index in [-0.39, 0.29) is 29.7 Å². The van der Waals surface area contributed by atoms with Crippen LogP contribution in [0, 0.1) is 5.82 Å². The third-order valence-electron chi connectivity index (χ3n) is 6.01. The fourth-order valence-corrected chi connectivity index (χ4v) is 4.36. The first-order valence-electron chi connectivity index (χ1n) is 10.5. The summed E-state index contributed by atoms with van der Waals surface area (Å²) in [6.45, 7) is 0.0399. The standard InChI is InChI=1S/C25H19F4N3O2/c26-18-5-7-19(8-6-18)32-22-9-4-17(14-16(22)15-30-32)24(34,25(27,28)29)21-2-1-3-23-20(21)10-11-31(23)12-13-33/h1-11,14-15,33-34H,12-13H2. The average molecular weight is 469 g/mol. The third-order valence-corrected chi connectivity index (χ3v) is 6.01. The summed E-state index contributed by atoms with van der Waals surface area (Å²) in [4.78, 5) is 0. The minimum Gasteiger partial charge on any atom is -0.395 e. The van der Waals surface area contributed by atoms with Gasteiger partial charge in [-0.1, -0.05) is 18.2 Å². The molecule has 1 atom stereocenters. The fourth-order valence-electron chi connectivity index (χ4n) is 4.36. The summed E-state index contributed by atoms with van der Waals surface area (Å²) >= 11 is 0. The molecule has 0 spiro atoms. The lowest BCUT2D eigenvalue weighted by atomic mass is 9.83. The molecule has 0 aliphatic carbocycles. The first-order chi connectivity index (χ1) is 16.2. The quantitative estimate of drug-likeness (QED) is 0.360. The molecule has 0 saturated heterocycles. The maximum Gasteiger partial charge on any atom is 0.425 e. The third kappa shape index (κ3) is 3.36. The monoisotopic (exact) mass is 469 g/mol. The molecular weight excluding hydrogens is 450 g/mol. The van der Waals surface area contributed by atoms with Crippen molar-refractivity contribution in [1.82, 2.24) is 14.3 Å². The normalized spacial score (nSPS) is 14.1. The van der Waals surface area contributed by atoms with Crippen LogP contribution in [-0.4, -0.2) is 37.3 Å². The number of hydrogen-bond donors (Lipinski definition) is 2. The zero-order valence-electron chi connectivity index (χ0n) is 17.7. The molecular formula is C25H19F4N3O2. The van der Waals surface area contributed by atoms with E-state index in [0.29, 0.717) is 22.1 Å². The molecule has 5 rings (SSSR count). The van der Waals surface area contributed by atoms with Gasteiger partial charge in [0.25, 0.3) is 0 Å². The van der Waals surface area contributed by atoms with Crippen molar-refractivity contribution in [3.05, 3.63) is 96.1 Å². The highest BCUT2D eigenvalue weighted by atomic mass is 19.4. The van der Waals surface area contributed by atoms with E-state index in [2.05, 4.69) is 5.10 Å². The largest absolute Gasteiger partial charge is 0.425 e. The molecule has 9 heteroatoms. The predicted octanol–water partition coefficient (Wildman–Crippen LogP) is 4.91. The van der Waals surface area contributed by atoms with Gasteiger partial charge in [0, 0.05) is 34.6 Å². The fraction of sp³-hybridized carbons (Fsp3) is 0.160. The van der Waals surface area contributed by atoms with Crippen LogP contribution in [0.4, 0.5) is 17.6 Å². The molecule has 2 aromatic heterocycles. The molecule has 0 amide bonds. The van der Waals surface area contributed by atoms with Gasteiger partial charge < -0.3 is 14.8 Å². The summed E-state index contributed by atoms with van der Waals surface area (Å²) in [6.07, 6.45) is -2.05. The zero-order chi connectivity index (χ0) is 24.1. The van der Waals surface area contributed by atoms with Crippen LogP contribution in [0.15, 0.2) is 79.1 Å². The lowest BCUT2D eigenvalue weighted by Gasteiger charge is -2.32. The van der Waals surface area contributed by atoms with Crippen molar-refractivity contribution in [2.75, 3.05) is 6.61 Å². The van der Waals surface area contributed by atoms with E-state index in [1.54, 1.807) is 16.8 Å². The predicted molar refractivity (Wildman–Crippen MR) is 119 cm³/mol. The molecule has 0 saturated carbocycles. The second-order valence-corrected chi connectivity index (χ2v) is 7.99. The van der Waals surface area contributed by atoms with E-state index >= 15 is 0 Å². The molecule has 0 aliphatic heterocycles. The van der Waals surface area contributed by atoms with Gasteiger partial charge >= 0.3 is 6.18 Å². The first kappa shape index (κ1) is 22.1. The summed E-state index contributed by atoms with van der Waals surface area (Å²) in [5.74, 6) is -0.417. The Morgan fingerprint density at radius 3 is 2.38 bits per heavy atom. The summed E-state index contributed by atoms with van der Waals surface area (Å²) < 4.78 is 59.9. The highest BCUT2D eigenvalue weighted by Gasteiger charge is 2.57. The molecule has 34 heavy (non-hydrogen) atoms. The first-order valence-corrected chi connectivity index (χ1v) is 10.5. The minimum absolute atomic E-state index is 0.174. The van der Waals surface area contributed by atoms with Crippen molar-refractivity contribution in [2.45, 2.75) is 18.3 Å². The van der Waals surface area contributed by atoms with E-state index in [0.717, 1.165) is 0 Å². The average Bonchev–Trinajstić information content (AvgIpc) is 3.42. The Hall–Kier alpha value is -3.69. The number of rotatable bonds is 5. The number of alkyl halides is 3. The summed E-state index contributed by atoms with van der Waals surface area (Å²) in [7, 11) is 0. The van der Waals surface area contributed by atoms with Crippen LogP contribution < -0.4 is 0 Å². The highest BCUT2D eigenvalue weighted by molar-refractivity contribution is 5.86. The van der Waals surface area contributed by atoms with Gasteiger partial charge in [-0.05, 0) is 54.1 Å². The van der Waals surface area contributed by atoms with Gasteiger partial charge in [-0.3, -0.25) is 0 Å². The van der Waals surface area contributed by atoms with E-state index in [1.165, 1.54) is 71.5 Å². The summed E-state index contributed by atoms with van der Waals surface area (Å²) in [5, 5.41) is 25.4. The lowest BCUT2D eigenvalue weighted by Crippen LogP contribution is -2.43. The molecule has 174 valence electrons. The topological polar surface area (TPSA) is 63.2 Å². The molecule has 0 radical (unpaired) electrons. The van der Waals surface area contributed by atoms with Gasteiger partial charge in [-0.2, -0.15) is 18.3 Å². The second kappa shape index (κ2) is 7.96. The molecule has 5 nitrogen and oxygen atoms in total. The van der Waals surface area contributed by atoms with E-state index in [9.17, 15) is 27.8 Å². The summed E-state index contributed by atoms with van der Waals surface area (Å²) in [6, 6.07) is 15.3. The Labute approximate surface area is 191 Å². The second-order valence-electron chi connectivity index (χ2n) is 7.99. The van der Waals surface area contributed by atoms with Crippen LogP contribution in [0.25, 0.3) is 27.5 Å². The van der Waals surface area contributed by atoms with Crippen molar-refractivity contribution < 1.29 is 27.8 Å². The number of fused-ring (bicyclic) bond motifs is 2. The smallest absolute Gasteiger partial charge is 0.395 e. The van der Waals surface area contributed by atoms with Crippen molar-refractivity contribution >= 4 is 21.8 Å². The molecule has 0 aliphatic rings. The van der Waals surface area contributed by atoms with Crippen LogP contribution in [0.5, 0.6) is 0 Å². The molecule has 2 N–H and O–H groups in total. The minimum atomic E-state index is -5.03. The van der Waals surface area contributed by atoms with E-state index < -0.39 is 17.6 Å². The van der Waals surface area contributed by atoms with Crippen molar-refractivity contribution in [2.24, 2.45) is 0 Å². The van der Waals surface area contributed by atoms with Gasteiger partial charge in [-0.15, -0.1) is 0 Å². The van der Waals surface area contributed by atoms with Gasteiger partial charge in [0.2, 0.25) is 5.60 Å². The molecule has 5 aromatic rings. The lowest BCUT2D eigenvalue weighted by molar-refractivity contribution is -0.247. The molecule has 0 fully saturated rings. The Bertz CT molecular complexity index is 1490. The summed E-state index contributed by atoms with van der Waals surface area (Å²) in [5.41, 5.74) is -2.42. The highest BCUT2D eigenvalue weighted by Crippen LogP contribution is 2.47. The number of aliphatic hydroxyl groups excluding tert-OH is 1. The zero-order valence-corrected chi connectivity index (χ0v) is 17.7. The van der Waals surface area contributed by atoms with Gasteiger partial charge in [0.1, 0.15) is 5.82 Å². The van der Waals surface area contributed by atoms with Crippen LogP contribution in [-0.2, 0) is 12.1 Å².